The molecule has 132 valence electrons. The van der Waals surface area contributed by atoms with E-state index in [2.05, 4.69) is 48.6 Å². The fraction of sp³-hybridized carbons (Fsp3) is 0.333. The standard InChI is InChI=1S/C21H28N2OSi/c1-18(15-16-21(24)20-13-9-6-10-14-20)22-23(25(2,3)4)17-19-11-7-5-8-12-19/h5-14H,15-17H2,1-4H3/b22-18+. The molecule has 0 N–H and O–H groups in total. The lowest BCUT2D eigenvalue weighted by Gasteiger charge is -2.32. The fourth-order valence-electron chi connectivity index (χ4n) is 2.50. The van der Waals surface area contributed by atoms with Gasteiger partial charge in [0.05, 0.1) is 6.54 Å². The second kappa shape index (κ2) is 8.76. The Labute approximate surface area is 152 Å². The molecule has 2 aromatic carbocycles. The van der Waals surface area contributed by atoms with Gasteiger partial charge in [-0.3, -0.25) is 4.79 Å². The van der Waals surface area contributed by atoms with E-state index in [0.29, 0.717) is 12.8 Å². The maximum atomic E-state index is 12.3. The Morgan fingerprint density at radius 1 is 0.920 bits per heavy atom. The molecule has 4 heteroatoms. The third-order valence-electron chi connectivity index (χ3n) is 4.05. The first-order valence-corrected chi connectivity index (χ1v) is 12.2. The molecule has 3 nitrogen and oxygen atoms in total. The molecular formula is C21H28N2OSi. The van der Waals surface area contributed by atoms with Crippen molar-refractivity contribution in [2.45, 2.75) is 46.0 Å². The molecular weight excluding hydrogens is 324 g/mol. The molecule has 0 saturated heterocycles. The molecule has 0 aliphatic carbocycles. The highest BCUT2D eigenvalue weighted by Gasteiger charge is 2.23. The molecule has 2 aromatic rings. The lowest BCUT2D eigenvalue weighted by molar-refractivity contribution is 0.0984. The van der Waals surface area contributed by atoms with Crippen LogP contribution in [0.1, 0.15) is 35.7 Å². The molecule has 0 fully saturated rings. The van der Waals surface area contributed by atoms with Crippen LogP contribution in [0.5, 0.6) is 0 Å². The predicted molar refractivity (Wildman–Crippen MR) is 108 cm³/mol. The van der Waals surface area contributed by atoms with E-state index in [1.54, 1.807) is 0 Å². The molecule has 2 rings (SSSR count). The van der Waals surface area contributed by atoms with E-state index in [4.69, 9.17) is 5.10 Å². The number of ketones is 1. The molecule has 0 heterocycles. The largest absolute Gasteiger partial charge is 0.320 e. The minimum absolute atomic E-state index is 0.178. The van der Waals surface area contributed by atoms with Crippen molar-refractivity contribution in [3.05, 3.63) is 71.8 Å². The third kappa shape index (κ3) is 6.31. The second-order valence-electron chi connectivity index (χ2n) is 7.34. The number of hydrazone groups is 1. The quantitative estimate of drug-likeness (QED) is 0.277. The Kier molecular flexibility index (Phi) is 6.71. The first kappa shape index (κ1) is 19.1. The summed E-state index contributed by atoms with van der Waals surface area (Å²) in [6.45, 7) is 9.72. The molecule has 0 spiro atoms. The Morgan fingerprint density at radius 2 is 1.48 bits per heavy atom. The van der Waals surface area contributed by atoms with Crippen molar-refractivity contribution in [1.82, 2.24) is 4.67 Å². The second-order valence-corrected chi connectivity index (χ2v) is 12.2. The fourth-order valence-corrected chi connectivity index (χ4v) is 3.63. The zero-order valence-electron chi connectivity index (χ0n) is 15.7. The van der Waals surface area contributed by atoms with E-state index in [1.807, 2.05) is 43.3 Å². The molecule has 0 aliphatic rings. The van der Waals surface area contributed by atoms with Crippen molar-refractivity contribution in [2.75, 3.05) is 0 Å². The normalized spacial score (nSPS) is 12.1. The van der Waals surface area contributed by atoms with Crippen molar-refractivity contribution in [1.29, 1.82) is 0 Å². The van der Waals surface area contributed by atoms with E-state index >= 15 is 0 Å². The molecule has 25 heavy (non-hydrogen) atoms. The number of Topliss-reactive ketones (excluding diaryl/α,β-unsaturated/α-hetero) is 1. The average molecular weight is 353 g/mol. The van der Waals surface area contributed by atoms with Crippen LogP contribution in [0.3, 0.4) is 0 Å². The predicted octanol–water partition coefficient (Wildman–Crippen LogP) is 5.36. The van der Waals surface area contributed by atoms with Gasteiger partial charge in [0.2, 0.25) is 0 Å². The summed E-state index contributed by atoms with van der Waals surface area (Å²) in [6.07, 6.45) is 1.20. The molecule has 0 unspecified atom stereocenters. The molecule has 0 aromatic heterocycles. The number of hydrogen-bond donors (Lipinski definition) is 0. The van der Waals surface area contributed by atoms with Gasteiger partial charge in [0.25, 0.3) is 0 Å². The first-order chi connectivity index (χ1) is 11.9. The number of hydrogen-bond acceptors (Lipinski definition) is 3. The summed E-state index contributed by atoms with van der Waals surface area (Å²) < 4.78 is 2.24. The summed E-state index contributed by atoms with van der Waals surface area (Å²) in [5, 5.41) is 4.87. The molecule has 0 saturated carbocycles. The Morgan fingerprint density at radius 3 is 2.04 bits per heavy atom. The third-order valence-corrected chi connectivity index (χ3v) is 5.86. The zero-order valence-corrected chi connectivity index (χ0v) is 16.7. The van der Waals surface area contributed by atoms with Gasteiger partial charge in [0.1, 0.15) is 0 Å². The van der Waals surface area contributed by atoms with E-state index < -0.39 is 8.24 Å². The van der Waals surface area contributed by atoms with E-state index in [-0.39, 0.29) is 5.78 Å². The van der Waals surface area contributed by atoms with Crippen LogP contribution in [0.25, 0.3) is 0 Å². The van der Waals surface area contributed by atoms with E-state index in [9.17, 15) is 4.79 Å². The molecule has 0 bridgehead atoms. The highest BCUT2D eigenvalue weighted by atomic mass is 28.3. The smallest absolute Gasteiger partial charge is 0.169 e. The van der Waals surface area contributed by atoms with Gasteiger partial charge in [0.15, 0.2) is 14.0 Å². The number of benzene rings is 2. The van der Waals surface area contributed by atoms with Crippen LogP contribution in [0.4, 0.5) is 0 Å². The molecule has 0 amide bonds. The SMILES string of the molecule is C/C(CCC(=O)c1ccccc1)=N\N(Cc1ccccc1)[Si](C)(C)C. The molecule has 0 atom stereocenters. The highest BCUT2D eigenvalue weighted by molar-refractivity contribution is 6.73. The van der Waals surface area contributed by atoms with Crippen molar-refractivity contribution in [2.24, 2.45) is 5.10 Å². The average Bonchev–Trinajstić information content (AvgIpc) is 2.60. The summed E-state index contributed by atoms with van der Waals surface area (Å²) in [6, 6.07) is 19.9. The van der Waals surface area contributed by atoms with Gasteiger partial charge < -0.3 is 4.67 Å². The van der Waals surface area contributed by atoms with Crippen LogP contribution in [0, 0.1) is 0 Å². The van der Waals surface area contributed by atoms with Crippen LogP contribution in [0.2, 0.25) is 19.6 Å². The van der Waals surface area contributed by atoms with Gasteiger partial charge in [-0.2, -0.15) is 5.10 Å². The molecule has 0 aliphatic heterocycles. The van der Waals surface area contributed by atoms with Crippen LogP contribution in [0.15, 0.2) is 65.8 Å². The monoisotopic (exact) mass is 352 g/mol. The van der Waals surface area contributed by atoms with Gasteiger partial charge in [-0.1, -0.05) is 80.3 Å². The summed E-state index contributed by atoms with van der Waals surface area (Å²) in [4.78, 5) is 12.3. The summed E-state index contributed by atoms with van der Waals surface area (Å²) in [5.74, 6) is 0.178. The van der Waals surface area contributed by atoms with Gasteiger partial charge in [0, 0.05) is 17.7 Å². The van der Waals surface area contributed by atoms with Gasteiger partial charge >= 0.3 is 0 Å². The van der Waals surface area contributed by atoms with Gasteiger partial charge in [-0.15, -0.1) is 0 Å². The van der Waals surface area contributed by atoms with Crippen LogP contribution in [-0.4, -0.2) is 24.4 Å². The number of carbonyl (C=O) groups excluding carboxylic acids is 1. The topological polar surface area (TPSA) is 32.7 Å². The van der Waals surface area contributed by atoms with E-state index in [0.717, 1.165) is 17.8 Å². The summed E-state index contributed by atoms with van der Waals surface area (Å²) >= 11 is 0. The minimum atomic E-state index is -1.59. The van der Waals surface area contributed by atoms with Crippen LogP contribution in [-0.2, 0) is 6.54 Å². The van der Waals surface area contributed by atoms with Crippen LogP contribution >= 0.6 is 0 Å². The first-order valence-electron chi connectivity index (χ1n) is 8.80. The lowest BCUT2D eigenvalue weighted by Crippen LogP contribution is -2.42. The maximum Gasteiger partial charge on any atom is 0.169 e. The summed E-state index contributed by atoms with van der Waals surface area (Å²) in [5.41, 5.74) is 3.06. The minimum Gasteiger partial charge on any atom is -0.320 e. The van der Waals surface area contributed by atoms with Crippen molar-refractivity contribution in [3.63, 3.8) is 0 Å². The van der Waals surface area contributed by atoms with Gasteiger partial charge in [-0.05, 0) is 18.9 Å². The Hall–Kier alpha value is -2.20. The number of rotatable bonds is 8. The van der Waals surface area contributed by atoms with Gasteiger partial charge in [-0.25, -0.2) is 0 Å². The van der Waals surface area contributed by atoms with E-state index in [1.165, 1.54) is 5.56 Å². The number of nitrogens with zero attached hydrogens (tertiary/aromatic N) is 2. The van der Waals surface area contributed by atoms with Crippen molar-refractivity contribution < 1.29 is 4.79 Å². The van der Waals surface area contributed by atoms with Crippen molar-refractivity contribution in [3.8, 4) is 0 Å². The Balaban J connectivity index is 2.02. The highest BCUT2D eigenvalue weighted by Crippen LogP contribution is 2.16. The maximum absolute atomic E-state index is 12.3. The van der Waals surface area contributed by atoms with Crippen molar-refractivity contribution >= 4 is 19.7 Å². The van der Waals surface area contributed by atoms with Crippen LogP contribution < -0.4 is 0 Å². The summed E-state index contributed by atoms with van der Waals surface area (Å²) in [7, 11) is -1.59. The Bertz CT molecular complexity index is 706. The zero-order chi connectivity index (χ0) is 18.3. The molecule has 0 radical (unpaired) electrons. The lowest BCUT2D eigenvalue weighted by atomic mass is 10.1. The number of carbonyl (C=O) groups is 1.